The van der Waals surface area contributed by atoms with E-state index in [4.69, 9.17) is 0 Å². The lowest BCUT2D eigenvalue weighted by molar-refractivity contribution is 0.596. The molecule has 0 spiro atoms. The van der Waals surface area contributed by atoms with E-state index >= 15 is 0 Å². The van der Waals surface area contributed by atoms with Gasteiger partial charge in [-0.3, -0.25) is 5.43 Å². The van der Waals surface area contributed by atoms with Crippen molar-refractivity contribution in [3.8, 4) is 0 Å². The highest BCUT2D eigenvalue weighted by Gasteiger charge is 2.06. The molecule has 0 radical (unpaired) electrons. The van der Waals surface area contributed by atoms with Gasteiger partial charge in [-0.15, -0.1) is 4.83 Å². The average molecular weight is 318 g/mol. The Labute approximate surface area is 130 Å². The molecule has 2 N–H and O–H groups in total. The molecule has 22 heavy (non-hydrogen) atoms. The fraction of sp³-hybridized carbons (Fsp3) is 0.200. The first-order valence-corrected chi connectivity index (χ1v) is 8.23. The SMILES string of the molecule is Cc1ccc(/C=C\S(=O)(=O)NNc2nc(C)cc(C)n2)cc1. The van der Waals surface area contributed by atoms with Crippen molar-refractivity contribution >= 4 is 22.0 Å². The molecular formula is C15H18N4O2S. The van der Waals surface area contributed by atoms with Crippen molar-refractivity contribution in [3.63, 3.8) is 0 Å². The number of nitrogens with one attached hydrogen (secondary N) is 2. The zero-order valence-electron chi connectivity index (χ0n) is 12.7. The van der Waals surface area contributed by atoms with Gasteiger partial charge in [-0.2, -0.15) is 0 Å². The lowest BCUT2D eigenvalue weighted by Crippen LogP contribution is -2.28. The average Bonchev–Trinajstić information content (AvgIpc) is 2.44. The summed E-state index contributed by atoms with van der Waals surface area (Å²) in [6.07, 6.45) is 1.52. The molecule has 2 aromatic rings. The first-order chi connectivity index (χ1) is 10.3. The summed E-state index contributed by atoms with van der Waals surface area (Å²) in [5.74, 6) is 0.213. The van der Waals surface area contributed by atoms with E-state index in [1.54, 1.807) is 6.07 Å². The molecule has 7 heteroatoms. The summed E-state index contributed by atoms with van der Waals surface area (Å²) in [6, 6.07) is 9.34. The molecule has 0 fully saturated rings. The molecule has 116 valence electrons. The largest absolute Gasteiger partial charge is 0.276 e. The third-order valence-electron chi connectivity index (χ3n) is 2.80. The summed E-state index contributed by atoms with van der Waals surface area (Å²) in [7, 11) is -3.64. The van der Waals surface area contributed by atoms with Crippen LogP contribution < -0.4 is 10.3 Å². The minimum Gasteiger partial charge on any atom is -0.276 e. The van der Waals surface area contributed by atoms with E-state index in [0.717, 1.165) is 27.9 Å². The van der Waals surface area contributed by atoms with E-state index in [1.165, 1.54) is 6.08 Å². The van der Waals surface area contributed by atoms with E-state index in [0.29, 0.717) is 0 Å². The van der Waals surface area contributed by atoms with E-state index in [2.05, 4.69) is 20.2 Å². The Morgan fingerprint density at radius 3 is 2.18 bits per heavy atom. The first-order valence-electron chi connectivity index (χ1n) is 6.69. The van der Waals surface area contributed by atoms with Crippen LogP contribution in [-0.2, 0) is 10.0 Å². The van der Waals surface area contributed by atoms with E-state index in [1.807, 2.05) is 45.0 Å². The van der Waals surface area contributed by atoms with Crippen molar-refractivity contribution in [1.82, 2.24) is 14.8 Å². The number of rotatable bonds is 5. The van der Waals surface area contributed by atoms with Crippen molar-refractivity contribution in [2.75, 3.05) is 5.43 Å². The molecule has 0 atom stereocenters. The van der Waals surface area contributed by atoms with Crippen LogP contribution in [0, 0.1) is 20.8 Å². The number of hydrazine groups is 1. The van der Waals surface area contributed by atoms with Gasteiger partial charge < -0.3 is 0 Å². The van der Waals surface area contributed by atoms with Crippen LogP contribution in [0.25, 0.3) is 6.08 Å². The summed E-state index contributed by atoms with van der Waals surface area (Å²) in [6.45, 7) is 5.59. The summed E-state index contributed by atoms with van der Waals surface area (Å²) < 4.78 is 23.8. The minimum atomic E-state index is -3.64. The van der Waals surface area contributed by atoms with E-state index < -0.39 is 10.0 Å². The minimum absolute atomic E-state index is 0.213. The molecule has 0 bridgehead atoms. The summed E-state index contributed by atoms with van der Waals surface area (Å²) in [5, 5.41) is 1.09. The molecule has 2 rings (SSSR count). The molecule has 0 amide bonds. The van der Waals surface area contributed by atoms with Crippen molar-refractivity contribution in [1.29, 1.82) is 0 Å². The Bertz CT molecular complexity index is 763. The summed E-state index contributed by atoms with van der Waals surface area (Å²) in [5.41, 5.74) is 5.93. The Hall–Kier alpha value is -2.25. The van der Waals surface area contributed by atoms with Crippen LogP contribution in [0.3, 0.4) is 0 Å². The fourth-order valence-corrected chi connectivity index (χ4v) is 2.42. The van der Waals surface area contributed by atoms with Gasteiger partial charge in [0.25, 0.3) is 10.0 Å². The number of aryl methyl sites for hydroxylation is 3. The fourth-order valence-electron chi connectivity index (χ4n) is 1.78. The highest BCUT2D eigenvalue weighted by Crippen LogP contribution is 2.06. The van der Waals surface area contributed by atoms with Gasteiger partial charge in [-0.05, 0) is 38.5 Å². The number of benzene rings is 1. The number of sulfonamides is 1. The molecule has 0 aliphatic heterocycles. The van der Waals surface area contributed by atoms with Gasteiger partial charge in [0.05, 0.1) is 0 Å². The number of hydrogen-bond acceptors (Lipinski definition) is 5. The van der Waals surface area contributed by atoms with E-state index in [9.17, 15) is 8.42 Å². The molecule has 0 aliphatic carbocycles. The van der Waals surface area contributed by atoms with Crippen molar-refractivity contribution in [2.45, 2.75) is 20.8 Å². The lowest BCUT2D eigenvalue weighted by Gasteiger charge is -2.06. The zero-order valence-corrected chi connectivity index (χ0v) is 13.5. The maximum atomic E-state index is 11.9. The van der Waals surface area contributed by atoms with Crippen molar-refractivity contribution in [2.24, 2.45) is 0 Å². The number of nitrogens with zero attached hydrogens (tertiary/aromatic N) is 2. The Morgan fingerprint density at radius 1 is 1.00 bits per heavy atom. The Kier molecular flexibility index (Phi) is 4.89. The van der Waals surface area contributed by atoms with Crippen molar-refractivity contribution < 1.29 is 8.42 Å². The van der Waals surface area contributed by atoms with Gasteiger partial charge in [0.2, 0.25) is 5.95 Å². The third-order valence-corrected chi connectivity index (χ3v) is 3.69. The number of anilines is 1. The van der Waals surface area contributed by atoms with Crippen molar-refractivity contribution in [3.05, 3.63) is 58.3 Å². The molecule has 1 heterocycles. The van der Waals surface area contributed by atoms with Crippen LogP contribution >= 0.6 is 0 Å². The zero-order chi connectivity index (χ0) is 16.2. The van der Waals surface area contributed by atoms with Gasteiger partial charge in [0.1, 0.15) is 0 Å². The topological polar surface area (TPSA) is 84.0 Å². The highest BCUT2D eigenvalue weighted by atomic mass is 32.2. The second-order valence-corrected chi connectivity index (χ2v) is 6.53. The molecule has 0 saturated heterocycles. The molecule has 1 aromatic heterocycles. The standard InChI is InChI=1S/C15H18N4O2S/c1-11-4-6-14(7-5-11)8-9-22(20,21)19-18-15-16-12(2)10-13(3)17-15/h4-10,19H,1-3H3,(H,16,17,18)/b9-8-. The quantitative estimate of drug-likeness (QED) is 0.827. The smallest absolute Gasteiger partial charge is 0.250 e. The second kappa shape index (κ2) is 6.67. The van der Waals surface area contributed by atoms with Gasteiger partial charge in [0.15, 0.2) is 0 Å². The van der Waals surface area contributed by atoms with Crippen LogP contribution in [-0.4, -0.2) is 18.4 Å². The normalized spacial score (nSPS) is 11.8. The van der Waals surface area contributed by atoms with Gasteiger partial charge in [-0.25, -0.2) is 18.4 Å². The van der Waals surface area contributed by atoms with Crippen LogP contribution in [0.4, 0.5) is 5.95 Å². The number of hydrogen-bond donors (Lipinski definition) is 2. The predicted molar refractivity (Wildman–Crippen MR) is 87.4 cm³/mol. The molecule has 0 unspecified atom stereocenters. The van der Waals surface area contributed by atoms with Crippen LogP contribution in [0.2, 0.25) is 0 Å². The van der Waals surface area contributed by atoms with Gasteiger partial charge in [0, 0.05) is 16.8 Å². The maximum Gasteiger partial charge on any atom is 0.250 e. The summed E-state index contributed by atoms with van der Waals surface area (Å²) in [4.78, 5) is 10.4. The van der Waals surface area contributed by atoms with Crippen LogP contribution in [0.5, 0.6) is 0 Å². The van der Waals surface area contributed by atoms with Crippen LogP contribution in [0.1, 0.15) is 22.5 Å². The first kappa shape index (κ1) is 16.1. The maximum absolute atomic E-state index is 11.9. The van der Waals surface area contributed by atoms with Gasteiger partial charge >= 0.3 is 0 Å². The lowest BCUT2D eigenvalue weighted by atomic mass is 10.2. The number of aromatic nitrogens is 2. The molecule has 0 aliphatic rings. The Morgan fingerprint density at radius 2 is 1.59 bits per heavy atom. The van der Waals surface area contributed by atoms with Gasteiger partial charge in [-0.1, -0.05) is 29.8 Å². The molecule has 1 aromatic carbocycles. The van der Waals surface area contributed by atoms with E-state index in [-0.39, 0.29) is 5.95 Å². The second-order valence-electron chi connectivity index (χ2n) is 4.96. The Balaban J connectivity index is 2.03. The highest BCUT2D eigenvalue weighted by molar-refractivity contribution is 7.92. The predicted octanol–water partition coefficient (Wildman–Crippen LogP) is 2.32. The van der Waals surface area contributed by atoms with Crippen LogP contribution in [0.15, 0.2) is 35.7 Å². The molecule has 0 saturated carbocycles. The monoisotopic (exact) mass is 318 g/mol. The third kappa shape index (κ3) is 4.94. The summed E-state index contributed by atoms with van der Waals surface area (Å²) >= 11 is 0. The molecular weight excluding hydrogens is 300 g/mol. The molecule has 6 nitrogen and oxygen atoms in total.